The Balaban J connectivity index is 2.28. The van der Waals surface area contributed by atoms with Gasteiger partial charge in [0.15, 0.2) is 11.6 Å². The molecule has 0 aliphatic carbocycles. The molecule has 2 rings (SSSR count). The summed E-state index contributed by atoms with van der Waals surface area (Å²) in [5.41, 5.74) is -0.771. The van der Waals surface area contributed by atoms with Gasteiger partial charge in [-0.05, 0) is 42.8 Å². The number of methoxy groups -OCH3 is 1. The average Bonchev–Trinajstić information content (AvgIpc) is 2.53. The number of rotatable bonds is 5. The van der Waals surface area contributed by atoms with Crippen molar-refractivity contribution in [3.05, 3.63) is 59.4 Å². The maximum atomic E-state index is 13.7. The van der Waals surface area contributed by atoms with Crippen LogP contribution in [0.1, 0.15) is 24.1 Å². The molecule has 0 radical (unpaired) electrons. The van der Waals surface area contributed by atoms with E-state index in [1.165, 1.54) is 26.2 Å². The van der Waals surface area contributed by atoms with Crippen LogP contribution in [0.4, 0.5) is 17.6 Å². The molecule has 0 amide bonds. The molecular weight excluding hydrogens is 362 g/mol. The smallest absolute Gasteiger partial charge is 0.416 e. The fourth-order valence-corrected chi connectivity index (χ4v) is 3.44. The first-order chi connectivity index (χ1) is 11.5. The van der Waals surface area contributed by atoms with E-state index in [2.05, 4.69) is 4.72 Å². The van der Waals surface area contributed by atoms with Crippen LogP contribution >= 0.6 is 0 Å². The van der Waals surface area contributed by atoms with Crippen molar-refractivity contribution in [1.82, 2.24) is 4.72 Å². The third-order valence-electron chi connectivity index (χ3n) is 3.48. The van der Waals surface area contributed by atoms with E-state index in [9.17, 15) is 26.0 Å². The molecule has 1 unspecified atom stereocenters. The molecular formula is C16H15F4NO3S. The molecule has 0 aliphatic heterocycles. The fourth-order valence-electron chi connectivity index (χ4n) is 2.16. The van der Waals surface area contributed by atoms with Crippen LogP contribution in [-0.4, -0.2) is 15.5 Å². The maximum Gasteiger partial charge on any atom is 0.416 e. The highest BCUT2D eigenvalue weighted by molar-refractivity contribution is 7.89. The van der Waals surface area contributed by atoms with Crippen LogP contribution < -0.4 is 9.46 Å². The molecule has 0 saturated carbocycles. The summed E-state index contributed by atoms with van der Waals surface area (Å²) in [6, 6.07) is 6.41. The van der Waals surface area contributed by atoms with E-state index < -0.39 is 38.5 Å². The Morgan fingerprint density at radius 2 is 1.80 bits per heavy atom. The van der Waals surface area contributed by atoms with Crippen molar-refractivity contribution in [3.63, 3.8) is 0 Å². The molecule has 0 heterocycles. The number of hydrogen-bond donors (Lipinski definition) is 1. The molecule has 9 heteroatoms. The van der Waals surface area contributed by atoms with Crippen molar-refractivity contribution in [2.24, 2.45) is 0 Å². The van der Waals surface area contributed by atoms with E-state index in [0.717, 1.165) is 24.3 Å². The first-order valence-electron chi connectivity index (χ1n) is 7.07. The van der Waals surface area contributed by atoms with Gasteiger partial charge in [-0.2, -0.15) is 13.2 Å². The first kappa shape index (κ1) is 19.2. The lowest BCUT2D eigenvalue weighted by atomic mass is 10.1. The summed E-state index contributed by atoms with van der Waals surface area (Å²) in [6.45, 7) is 1.45. The molecule has 4 nitrogen and oxygen atoms in total. The molecule has 0 spiro atoms. The lowest BCUT2D eigenvalue weighted by Crippen LogP contribution is -2.27. The molecule has 0 fully saturated rings. The minimum absolute atomic E-state index is 0.00307. The summed E-state index contributed by atoms with van der Waals surface area (Å²) in [6.07, 6.45) is -4.66. The molecule has 0 bridgehead atoms. The highest BCUT2D eigenvalue weighted by atomic mass is 32.2. The minimum atomic E-state index is -4.66. The fraction of sp³-hybridized carbons (Fsp3) is 0.250. The largest absolute Gasteiger partial charge is 0.494 e. The van der Waals surface area contributed by atoms with Crippen LogP contribution in [0.5, 0.6) is 5.75 Å². The second-order valence-electron chi connectivity index (χ2n) is 5.26. The van der Waals surface area contributed by atoms with Gasteiger partial charge in [0.05, 0.1) is 17.6 Å². The van der Waals surface area contributed by atoms with Crippen molar-refractivity contribution >= 4 is 10.0 Å². The second-order valence-corrected chi connectivity index (χ2v) is 6.98. The molecule has 136 valence electrons. The Morgan fingerprint density at radius 3 is 2.36 bits per heavy atom. The van der Waals surface area contributed by atoms with Gasteiger partial charge >= 0.3 is 6.18 Å². The van der Waals surface area contributed by atoms with Crippen molar-refractivity contribution in [2.45, 2.75) is 24.0 Å². The summed E-state index contributed by atoms with van der Waals surface area (Å²) >= 11 is 0. The van der Waals surface area contributed by atoms with Crippen molar-refractivity contribution in [1.29, 1.82) is 0 Å². The van der Waals surface area contributed by atoms with Crippen LogP contribution in [0, 0.1) is 5.82 Å². The number of alkyl halides is 3. The van der Waals surface area contributed by atoms with Crippen molar-refractivity contribution < 1.29 is 30.7 Å². The van der Waals surface area contributed by atoms with Gasteiger partial charge in [0, 0.05) is 6.04 Å². The van der Waals surface area contributed by atoms with Gasteiger partial charge in [-0.3, -0.25) is 0 Å². The molecule has 25 heavy (non-hydrogen) atoms. The molecule has 2 aromatic carbocycles. The van der Waals surface area contributed by atoms with Gasteiger partial charge in [0.2, 0.25) is 10.0 Å². The van der Waals surface area contributed by atoms with Crippen LogP contribution in [0.2, 0.25) is 0 Å². The van der Waals surface area contributed by atoms with E-state index in [-0.39, 0.29) is 5.75 Å². The predicted octanol–water partition coefficient (Wildman–Crippen LogP) is 3.89. The van der Waals surface area contributed by atoms with Gasteiger partial charge in [-0.25, -0.2) is 17.5 Å². The van der Waals surface area contributed by atoms with Crippen LogP contribution in [0.15, 0.2) is 47.4 Å². The lowest BCUT2D eigenvalue weighted by Gasteiger charge is -2.16. The molecule has 1 atom stereocenters. The summed E-state index contributed by atoms with van der Waals surface area (Å²) < 4.78 is 83.5. The summed E-state index contributed by atoms with van der Waals surface area (Å²) in [5.74, 6) is -0.679. The zero-order valence-electron chi connectivity index (χ0n) is 13.3. The predicted molar refractivity (Wildman–Crippen MR) is 83.1 cm³/mol. The zero-order valence-corrected chi connectivity index (χ0v) is 14.1. The lowest BCUT2D eigenvalue weighted by molar-refractivity contribution is -0.137. The Hall–Kier alpha value is -2.13. The van der Waals surface area contributed by atoms with E-state index in [0.29, 0.717) is 11.6 Å². The van der Waals surface area contributed by atoms with Gasteiger partial charge < -0.3 is 4.74 Å². The maximum absolute atomic E-state index is 13.7. The van der Waals surface area contributed by atoms with E-state index in [4.69, 9.17) is 4.74 Å². The van der Waals surface area contributed by atoms with Crippen LogP contribution in [-0.2, 0) is 16.2 Å². The Labute approximate surface area is 142 Å². The number of halogens is 4. The SMILES string of the molecule is COc1ccc(C(C)NS(=O)(=O)c2cccc(C(F)(F)F)c2)cc1F. The van der Waals surface area contributed by atoms with Gasteiger partial charge in [0.1, 0.15) is 0 Å². The molecule has 0 aliphatic rings. The molecule has 2 aromatic rings. The Kier molecular flexibility index (Phi) is 5.38. The Bertz CT molecular complexity index is 866. The third-order valence-corrected chi connectivity index (χ3v) is 5.02. The quantitative estimate of drug-likeness (QED) is 0.805. The highest BCUT2D eigenvalue weighted by Crippen LogP contribution is 2.31. The van der Waals surface area contributed by atoms with Crippen molar-refractivity contribution in [2.75, 3.05) is 7.11 Å². The summed E-state index contributed by atoms with van der Waals surface area (Å²) in [4.78, 5) is -0.525. The number of ether oxygens (including phenoxy) is 1. The van der Waals surface area contributed by atoms with E-state index >= 15 is 0 Å². The molecule has 0 aromatic heterocycles. The van der Waals surface area contributed by atoms with Crippen LogP contribution in [0.3, 0.4) is 0 Å². The third kappa shape index (κ3) is 4.49. The topological polar surface area (TPSA) is 55.4 Å². The minimum Gasteiger partial charge on any atom is -0.494 e. The average molecular weight is 377 g/mol. The summed E-state index contributed by atoms with van der Waals surface area (Å²) in [7, 11) is -2.93. The van der Waals surface area contributed by atoms with E-state index in [1.54, 1.807) is 0 Å². The van der Waals surface area contributed by atoms with Gasteiger partial charge in [-0.1, -0.05) is 12.1 Å². The van der Waals surface area contributed by atoms with E-state index in [1.807, 2.05) is 0 Å². The molecule has 0 saturated heterocycles. The monoisotopic (exact) mass is 377 g/mol. The molecule has 1 N–H and O–H groups in total. The summed E-state index contributed by atoms with van der Waals surface area (Å²) in [5, 5.41) is 0. The number of nitrogens with one attached hydrogen (secondary N) is 1. The standard InChI is InChI=1S/C16H15F4NO3S/c1-10(11-6-7-15(24-2)14(17)8-11)21-25(22,23)13-5-3-4-12(9-13)16(18,19)20/h3-10,21H,1-2H3. The van der Waals surface area contributed by atoms with Crippen LogP contribution in [0.25, 0.3) is 0 Å². The van der Waals surface area contributed by atoms with Crippen molar-refractivity contribution in [3.8, 4) is 5.75 Å². The number of hydrogen-bond acceptors (Lipinski definition) is 3. The number of benzene rings is 2. The van der Waals surface area contributed by atoms with Gasteiger partial charge in [0.25, 0.3) is 0 Å². The second kappa shape index (κ2) is 7.01. The number of sulfonamides is 1. The first-order valence-corrected chi connectivity index (χ1v) is 8.56. The van der Waals surface area contributed by atoms with Gasteiger partial charge in [-0.15, -0.1) is 0 Å². The zero-order chi connectivity index (χ0) is 18.8. The normalized spacial score (nSPS) is 13.5. The highest BCUT2D eigenvalue weighted by Gasteiger charge is 2.32. The Morgan fingerprint density at radius 1 is 1.12 bits per heavy atom.